The van der Waals surface area contributed by atoms with Gasteiger partial charge in [-0.3, -0.25) is 0 Å². The minimum Gasteiger partial charge on any atom is -0.339 e. The summed E-state index contributed by atoms with van der Waals surface area (Å²) in [6.07, 6.45) is 6.86. The molecule has 0 unspecified atom stereocenters. The maximum Gasteiger partial charge on any atom is 0.229 e. The average molecular weight is 265 g/mol. The molecule has 0 amide bonds. The van der Waals surface area contributed by atoms with E-state index in [1.807, 2.05) is 0 Å². The lowest BCUT2D eigenvalue weighted by atomic mass is 9.86. The van der Waals surface area contributed by atoms with Crippen molar-refractivity contribution in [2.24, 2.45) is 5.92 Å². The molecule has 19 heavy (non-hydrogen) atoms. The lowest BCUT2D eigenvalue weighted by Crippen LogP contribution is -2.32. The summed E-state index contributed by atoms with van der Waals surface area (Å²) in [5.41, 5.74) is 0. The Balaban J connectivity index is 1.82. The van der Waals surface area contributed by atoms with Crippen LogP contribution in [0.2, 0.25) is 0 Å². The van der Waals surface area contributed by atoms with Gasteiger partial charge in [0.15, 0.2) is 5.82 Å². The van der Waals surface area contributed by atoms with Gasteiger partial charge in [-0.15, -0.1) is 0 Å². The van der Waals surface area contributed by atoms with Crippen molar-refractivity contribution in [2.75, 3.05) is 6.54 Å². The van der Waals surface area contributed by atoms with Crippen LogP contribution in [0.15, 0.2) is 4.52 Å². The molecule has 0 bridgehead atoms. The van der Waals surface area contributed by atoms with Gasteiger partial charge in [0.05, 0.1) is 0 Å². The number of hydrogen-bond donors (Lipinski definition) is 1. The predicted octanol–water partition coefficient (Wildman–Crippen LogP) is 3.29. The van der Waals surface area contributed by atoms with Crippen molar-refractivity contribution in [1.82, 2.24) is 15.5 Å². The normalized spacial score (nSPS) is 24.0. The smallest absolute Gasteiger partial charge is 0.229 e. The first-order valence-electron chi connectivity index (χ1n) is 7.75. The van der Waals surface area contributed by atoms with E-state index in [-0.39, 0.29) is 0 Å². The van der Waals surface area contributed by atoms with Gasteiger partial charge in [-0.1, -0.05) is 25.9 Å². The van der Waals surface area contributed by atoms with Crippen LogP contribution in [-0.2, 0) is 6.42 Å². The number of aromatic nitrogens is 2. The Hall–Kier alpha value is -0.900. The molecule has 1 aromatic rings. The molecule has 4 heteroatoms. The fourth-order valence-electron chi connectivity index (χ4n) is 2.79. The number of rotatable bonds is 6. The first-order valence-corrected chi connectivity index (χ1v) is 7.75. The van der Waals surface area contributed by atoms with Crippen LogP contribution in [0.25, 0.3) is 0 Å². The van der Waals surface area contributed by atoms with Crippen molar-refractivity contribution in [3.63, 3.8) is 0 Å². The molecule has 0 radical (unpaired) electrons. The minimum absolute atomic E-state index is 0.482. The zero-order valence-corrected chi connectivity index (χ0v) is 12.5. The Bertz CT molecular complexity index is 367. The Kier molecular flexibility index (Phi) is 5.37. The fourth-order valence-corrected chi connectivity index (χ4v) is 2.79. The molecule has 0 atom stereocenters. The van der Waals surface area contributed by atoms with E-state index in [9.17, 15) is 0 Å². The van der Waals surface area contributed by atoms with Gasteiger partial charge in [-0.2, -0.15) is 4.98 Å². The van der Waals surface area contributed by atoms with E-state index in [1.54, 1.807) is 0 Å². The van der Waals surface area contributed by atoms with Crippen LogP contribution >= 0.6 is 0 Å². The third-order valence-electron chi connectivity index (χ3n) is 4.00. The highest BCUT2D eigenvalue weighted by Gasteiger charge is 2.25. The third-order valence-corrected chi connectivity index (χ3v) is 4.00. The van der Waals surface area contributed by atoms with E-state index in [0.29, 0.717) is 17.9 Å². The molecule has 0 spiro atoms. The van der Waals surface area contributed by atoms with Crippen LogP contribution in [0.4, 0.5) is 0 Å². The van der Waals surface area contributed by atoms with Gasteiger partial charge in [0.2, 0.25) is 5.89 Å². The minimum atomic E-state index is 0.482. The molecule has 1 aliphatic rings. The second kappa shape index (κ2) is 7.04. The van der Waals surface area contributed by atoms with Crippen molar-refractivity contribution in [3.05, 3.63) is 11.7 Å². The number of hydrogen-bond acceptors (Lipinski definition) is 4. The molecular formula is C15H27N3O. The van der Waals surface area contributed by atoms with E-state index in [1.165, 1.54) is 25.7 Å². The van der Waals surface area contributed by atoms with E-state index in [0.717, 1.165) is 31.1 Å². The maximum absolute atomic E-state index is 5.45. The Labute approximate surface area is 116 Å². The zero-order valence-electron chi connectivity index (χ0n) is 12.5. The standard InChI is InChI=1S/C15H27N3O/c1-4-16-13-8-6-12(7-9-13)15-17-14(18-19-15)10-5-11(2)3/h11-13,16H,4-10H2,1-3H3. The third kappa shape index (κ3) is 4.30. The van der Waals surface area contributed by atoms with E-state index in [4.69, 9.17) is 4.52 Å². The van der Waals surface area contributed by atoms with Gasteiger partial charge in [0, 0.05) is 18.4 Å². The monoisotopic (exact) mass is 265 g/mol. The van der Waals surface area contributed by atoms with Crippen molar-refractivity contribution < 1.29 is 4.52 Å². The SMILES string of the molecule is CCNC1CCC(c2nc(CCC(C)C)no2)CC1. The topological polar surface area (TPSA) is 51.0 Å². The Morgan fingerprint density at radius 1 is 1.26 bits per heavy atom. The first-order chi connectivity index (χ1) is 9.19. The van der Waals surface area contributed by atoms with Crippen molar-refractivity contribution in [2.45, 2.75) is 71.3 Å². The predicted molar refractivity (Wildman–Crippen MR) is 76.1 cm³/mol. The van der Waals surface area contributed by atoms with Crippen LogP contribution in [0.3, 0.4) is 0 Å². The van der Waals surface area contributed by atoms with Gasteiger partial charge in [0.1, 0.15) is 0 Å². The van der Waals surface area contributed by atoms with E-state index >= 15 is 0 Å². The molecule has 4 nitrogen and oxygen atoms in total. The highest BCUT2D eigenvalue weighted by molar-refractivity contribution is 4.97. The summed E-state index contributed by atoms with van der Waals surface area (Å²) in [5, 5.41) is 7.64. The summed E-state index contributed by atoms with van der Waals surface area (Å²) in [4.78, 5) is 4.58. The molecule has 0 saturated heterocycles. The molecule has 2 rings (SSSR count). The largest absolute Gasteiger partial charge is 0.339 e. The van der Waals surface area contributed by atoms with Crippen LogP contribution < -0.4 is 5.32 Å². The van der Waals surface area contributed by atoms with Gasteiger partial charge in [0.25, 0.3) is 0 Å². The molecule has 1 fully saturated rings. The highest BCUT2D eigenvalue weighted by Crippen LogP contribution is 2.31. The summed E-state index contributed by atoms with van der Waals surface area (Å²) in [6, 6.07) is 0.685. The van der Waals surface area contributed by atoms with Crippen molar-refractivity contribution in [1.29, 1.82) is 0 Å². The van der Waals surface area contributed by atoms with E-state index in [2.05, 4.69) is 36.2 Å². The average Bonchev–Trinajstić information content (AvgIpc) is 2.86. The summed E-state index contributed by atoms with van der Waals surface area (Å²) in [6.45, 7) is 7.69. The molecule has 108 valence electrons. The second-order valence-corrected chi connectivity index (χ2v) is 6.09. The summed E-state index contributed by atoms with van der Waals surface area (Å²) >= 11 is 0. The molecule has 0 aromatic carbocycles. The van der Waals surface area contributed by atoms with Gasteiger partial charge in [-0.25, -0.2) is 0 Å². The summed E-state index contributed by atoms with van der Waals surface area (Å²) in [7, 11) is 0. The fraction of sp³-hybridized carbons (Fsp3) is 0.867. The van der Waals surface area contributed by atoms with Crippen molar-refractivity contribution in [3.8, 4) is 0 Å². The number of nitrogens with one attached hydrogen (secondary N) is 1. The molecule has 1 saturated carbocycles. The zero-order chi connectivity index (χ0) is 13.7. The second-order valence-electron chi connectivity index (χ2n) is 6.09. The van der Waals surface area contributed by atoms with Crippen molar-refractivity contribution >= 4 is 0 Å². The number of aryl methyl sites for hydroxylation is 1. The van der Waals surface area contributed by atoms with Gasteiger partial charge < -0.3 is 9.84 Å². The molecule has 1 heterocycles. The quantitative estimate of drug-likeness (QED) is 0.857. The first kappa shape index (κ1) is 14.5. The van der Waals surface area contributed by atoms with Gasteiger partial charge >= 0.3 is 0 Å². The molecule has 1 aromatic heterocycles. The molecule has 1 N–H and O–H groups in total. The Morgan fingerprint density at radius 3 is 2.63 bits per heavy atom. The highest BCUT2D eigenvalue weighted by atomic mass is 16.5. The lowest BCUT2D eigenvalue weighted by Gasteiger charge is -2.26. The lowest BCUT2D eigenvalue weighted by molar-refractivity contribution is 0.283. The number of nitrogens with zero attached hydrogens (tertiary/aromatic N) is 2. The van der Waals surface area contributed by atoms with E-state index < -0.39 is 0 Å². The molecule has 0 aliphatic heterocycles. The van der Waals surface area contributed by atoms with Crippen LogP contribution in [0.1, 0.15) is 70.5 Å². The Morgan fingerprint density at radius 2 is 2.00 bits per heavy atom. The van der Waals surface area contributed by atoms with Crippen LogP contribution in [0.5, 0.6) is 0 Å². The molecule has 1 aliphatic carbocycles. The summed E-state index contributed by atoms with van der Waals surface area (Å²) in [5.74, 6) is 2.93. The van der Waals surface area contributed by atoms with Crippen LogP contribution in [-0.4, -0.2) is 22.7 Å². The van der Waals surface area contributed by atoms with Crippen LogP contribution in [0, 0.1) is 5.92 Å². The summed E-state index contributed by atoms with van der Waals surface area (Å²) < 4.78 is 5.45. The molecular weight excluding hydrogens is 238 g/mol. The maximum atomic E-state index is 5.45. The van der Waals surface area contributed by atoms with Gasteiger partial charge in [-0.05, 0) is 44.6 Å².